The molecular formula is C8H8ClFN2S. The van der Waals surface area contributed by atoms with E-state index in [1.807, 2.05) is 0 Å². The van der Waals surface area contributed by atoms with Gasteiger partial charge in [0.15, 0.2) is 5.17 Å². The molecule has 0 amide bonds. The Bertz CT molecular complexity index is 330. The molecule has 0 spiro atoms. The van der Waals surface area contributed by atoms with Gasteiger partial charge >= 0.3 is 0 Å². The summed E-state index contributed by atoms with van der Waals surface area (Å²) in [5, 5.41) is 10.4. The van der Waals surface area contributed by atoms with Gasteiger partial charge in [0.2, 0.25) is 0 Å². The Kier molecular flexibility index (Phi) is 3.57. The van der Waals surface area contributed by atoms with Gasteiger partial charge in [-0.05, 0) is 24.5 Å². The molecule has 1 rings (SSSR count). The number of thioether (sulfide) groups is 1. The van der Waals surface area contributed by atoms with Gasteiger partial charge in [-0.2, -0.15) is 0 Å². The lowest BCUT2D eigenvalue weighted by Crippen LogP contribution is -2.06. The Morgan fingerprint density at radius 3 is 2.85 bits per heavy atom. The molecule has 0 fully saturated rings. The highest BCUT2D eigenvalue weighted by Crippen LogP contribution is 2.19. The lowest BCUT2D eigenvalue weighted by molar-refractivity contribution is 0.632. The number of benzene rings is 1. The Morgan fingerprint density at radius 1 is 1.62 bits per heavy atom. The predicted octanol–water partition coefficient (Wildman–Crippen LogP) is 3.19. The van der Waals surface area contributed by atoms with Crippen molar-refractivity contribution in [1.82, 2.24) is 0 Å². The molecule has 2 nitrogen and oxygen atoms in total. The monoisotopic (exact) mass is 218 g/mol. The van der Waals surface area contributed by atoms with Gasteiger partial charge in [-0.15, -0.1) is 0 Å². The van der Waals surface area contributed by atoms with E-state index in [1.54, 1.807) is 12.3 Å². The van der Waals surface area contributed by atoms with E-state index in [4.69, 9.17) is 17.0 Å². The van der Waals surface area contributed by atoms with Gasteiger partial charge in [0.1, 0.15) is 5.82 Å². The van der Waals surface area contributed by atoms with E-state index in [-0.39, 0.29) is 10.9 Å². The minimum atomic E-state index is -0.452. The molecule has 0 radical (unpaired) electrons. The molecule has 5 heteroatoms. The number of anilines is 1. The number of hydrogen-bond donors (Lipinski definition) is 2. The van der Waals surface area contributed by atoms with Crippen LogP contribution < -0.4 is 5.32 Å². The fourth-order valence-corrected chi connectivity index (χ4v) is 1.14. The van der Waals surface area contributed by atoms with Crippen LogP contribution in [0.4, 0.5) is 10.1 Å². The first kappa shape index (κ1) is 10.3. The molecule has 0 bridgehead atoms. The Morgan fingerprint density at radius 2 is 2.31 bits per heavy atom. The Balaban J connectivity index is 2.83. The SMILES string of the molecule is CSC(=N)Nc1ccc(Cl)cc1F. The van der Waals surface area contributed by atoms with Gasteiger partial charge in [-0.25, -0.2) is 4.39 Å². The molecular weight excluding hydrogens is 211 g/mol. The summed E-state index contributed by atoms with van der Waals surface area (Å²) in [6, 6.07) is 4.28. The largest absolute Gasteiger partial charge is 0.333 e. The summed E-state index contributed by atoms with van der Waals surface area (Å²) >= 11 is 6.77. The van der Waals surface area contributed by atoms with E-state index in [2.05, 4.69) is 5.32 Å². The topological polar surface area (TPSA) is 35.9 Å². The van der Waals surface area contributed by atoms with Crippen LogP contribution in [0.2, 0.25) is 5.02 Å². The number of rotatable bonds is 1. The van der Waals surface area contributed by atoms with Gasteiger partial charge < -0.3 is 5.32 Å². The van der Waals surface area contributed by atoms with Gasteiger partial charge in [-0.3, -0.25) is 5.41 Å². The molecule has 13 heavy (non-hydrogen) atoms. The molecule has 0 heterocycles. The third-order valence-corrected chi connectivity index (χ3v) is 2.13. The molecule has 0 aliphatic rings. The van der Waals surface area contributed by atoms with Crippen molar-refractivity contribution in [2.24, 2.45) is 0 Å². The van der Waals surface area contributed by atoms with Crippen molar-refractivity contribution in [2.45, 2.75) is 0 Å². The summed E-state index contributed by atoms with van der Waals surface area (Å²) < 4.78 is 13.1. The maximum Gasteiger partial charge on any atom is 0.157 e. The second-order valence-electron chi connectivity index (χ2n) is 2.28. The second kappa shape index (κ2) is 4.48. The minimum Gasteiger partial charge on any atom is -0.333 e. The molecule has 0 unspecified atom stereocenters. The average molecular weight is 219 g/mol. The van der Waals surface area contributed by atoms with Gasteiger partial charge in [0.25, 0.3) is 0 Å². The van der Waals surface area contributed by atoms with E-state index >= 15 is 0 Å². The number of amidine groups is 1. The van der Waals surface area contributed by atoms with Crippen LogP contribution in [0.3, 0.4) is 0 Å². The van der Waals surface area contributed by atoms with Gasteiger partial charge in [-0.1, -0.05) is 23.4 Å². The van der Waals surface area contributed by atoms with Crippen LogP contribution in [0.15, 0.2) is 18.2 Å². The highest BCUT2D eigenvalue weighted by Gasteiger charge is 2.03. The molecule has 0 aliphatic heterocycles. The van der Waals surface area contributed by atoms with Crippen molar-refractivity contribution in [2.75, 3.05) is 11.6 Å². The van der Waals surface area contributed by atoms with E-state index in [1.165, 1.54) is 23.9 Å². The third kappa shape index (κ3) is 2.90. The zero-order valence-corrected chi connectivity index (χ0v) is 8.47. The summed E-state index contributed by atoms with van der Waals surface area (Å²) in [6.45, 7) is 0. The Labute approximate surface area is 85.0 Å². The molecule has 0 saturated heterocycles. The molecule has 0 aliphatic carbocycles. The summed E-state index contributed by atoms with van der Waals surface area (Å²) in [7, 11) is 0. The lowest BCUT2D eigenvalue weighted by atomic mass is 10.3. The smallest absolute Gasteiger partial charge is 0.157 e. The summed E-state index contributed by atoms with van der Waals surface area (Å²) in [5.74, 6) is -0.452. The highest BCUT2D eigenvalue weighted by molar-refractivity contribution is 8.13. The van der Waals surface area contributed by atoms with Crippen molar-refractivity contribution < 1.29 is 4.39 Å². The lowest BCUT2D eigenvalue weighted by Gasteiger charge is -2.06. The first-order valence-corrected chi connectivity index (χ1v) is 5.08. The number of nitrogens with one attached hydrogen (secondary N) is 2. The van der Waals surface area contributed by atoms with Crippen LogP contribution in [-0.4, -0.2) is 11.4 Å². The fourth-order valence-electron chi connectivity index (χ4n) is 0.764. The summed E-state index contributed by atoms with van der Waals surface area (Å²) in [5.41, 5.74) is 0.267. The van der Waals surface area contributed by atoms with E-state index in [0.717, 1.165) is 0 Å². The first-order valence-electron chi connectivity index (χ1n) is 3.48. The van der Waals surface area contributed by atoms with Crippen LogP contribution >= 0.6 is 23.4 Å². The van der Waals surface area contributed by atoms with Crippen LogP contribution in [0.5, 0.6) is 0 Å². The molecule has 70 valence electrons. The molecule has 2 N–H and O–H groups in total. The maximum absolute atomic E-state index is 13.1. The van der Waals surface area contributed by atoms with E-state index < -0.39 is 5.82 Å². The van der Waals surface area contributed by atoms with Crippen molar-refractivity contribution in [1.29, 1.82) is 5.41 Å². The Hall–Kier alpha value is -0.740. The zero-order chi connectivity index (χ0) is 9.84. The zero-order valence-electron chi connectivity index (χ0n) is 6.90. The van der Waals surface area contributed by atoms with Crippen LogP contribution in [0.25, 0.3) is 0 Å². The highest BCUT2D eigenvalue weighted by atomic mass is 35.5. The quantitative estimate of drug-likeness (QED) is 0.561. The standard InChI is InChI=1S/C8H8ClFN2S/c1-13-8(11)12-7-3-2-5(9)4-6(7)10/h2-4H,1H3,(H2,11,12). The normalized spacial score (nSPS) is 9.77. The number of halogens is 2. The second-order valence-corrected chi connectivity index (χ2v) is 3.54. The van der Waals surface area contributed by atoms with Crippen LogP contribution in [0.1, 0.15) is 0 Å². The van der Waals surface area contributed by atoms with Gasteiger partial charge in [0, 0.05) is 5.02 Å². The fraction of sp³-hybridized carbons (Fsp3) is 0.125. The van der Waals surface area contributed by atoms with Gasteiger partial charge in [0.05, 0.1) is 5.69 Å². The molecule has 0 atom stereocenters. The first-order chi connectivity index (χ1) is 6.13. The van der Waals surface area contributed by atoms with Crippen molar-refractivity contribution >= 4 is 34.2 Å². The van der Waals surface area contributed by atoms with Crippen molar-refractivity contribution in [3.63, 3.8) is 0 Å². The van der Waals surface area contributed by atoms with Crippen LogP contribution in [0, 0.1) is 11.2 Å². The van der Waals surface area contributed by atoms with Crippen molar-refractivity contribution in [3.05, 3.63) is 29.0 Å². The molecule has 1 aromatic rings. The third-order valence-electron chi connectivity index (χ3n) is 1.38. The molecule has 0 saturated carbocycles. The summed E-state index contributed by atoms with van der Waals surface area (Å²) in [4.78, 5) is 0. The number of hydrogen-bond acceptors (Lipinski definition) is 2. The molecule has 0 aromatic heterocycles. The van der Waals surface area contributed by atoms with Crippen LogP contribution in [-0.2, 0) is 0 Å². The minimum absolute atomic E-state index is 0.196. The predicted molar refractivity (Wildman–Crippen MR) is 56.3 cm³/mol. The van der Waals surface area contributed by atoms with E-state index in [9.17, 15) is 4.39 Å². The average Bonchev–Trinajstić information content (AvgIpc) is 2.09. The van der Waals surface area contributed by atoms with Crippen molar-refractivity contribution in [3.8, 4) is 0 Å². The maximum atomic E-state index is 13.1. The molecule has 1 aromatic carbocycles. The van der Waals surface area contributed by atoms with E-state index in [0.29, 0.717) is 5.02 Å². The summed E-state index contributed by atoms with van der Waals surface area (Å²) in [6.07, 6.45) is 1.74.